The van der Waals surface area contributed by atoms with Gasteiger partial charge in [0.25, 0.3) is 11.8 Å². The van der Waals surface area contributed by atoms with Crippen LogP contribution < -0.4 is 10.6 Å². The minimum absolute atomic E-state index is 0.168. The molecule has 5 rings (SSSR count). The molecule has 0 aliphatic heterocycles. The van der Waals surface area contributed by atoms with Crippen LogP contribution in [0.1, 0.15) is 21.5 Å². The first-order chi connectivity index (χ1) is 17.1. The van der Waals surface area contributed by atoms with Crippen LogP contribution in [0.25, 0.3) is 27.6 Å². The van der Waals surface area contributed by atoms with E-state index in [0.29, 0.717) is 11.3 Å². The Hall–Kier alpha value is -4.70. The van der Waals surface area contributed by atoms with Crippen molar-refractivity contribution < 1.29 is 9.59 Å². The predicted molar refractivity (Wildman–Crippen MR) is 143 cm³/mol. The lowest BCUT2D eigenvalue weighted by Crippen LogP contribution is -2.30. The van der Waals surface area contributed by atoms with Crippen LogP contribution in [0.15, 0.2) is 115 Å². The Labute approximate surface area is 203 Å². The average Bonchev–Trinajstić information content (AvgIpc) is 2.88. The fourth-order valence-corrected chi connectivity index (χ4v) is 4.21. The molecule has 0 aromatic heterocycles. The normalized spacial score (nSPS) is 11.4. The molecule has 0 unspecified atom stereocenters. The van der Waals surface area contributed by atoms with E-state index in [-0.39, 0.29) is 11.6 Å². The molecule has 0 aliphatic carbocycles. The molecule has 4 nitrogen and oxygen atoms in total. The van der Waals surface area contributed by atoms with Crippen LogP contribution in [0, 0.1) is 6.92 Å². The Balaban J connectivity index is 1.64. The van der Waals surface area contributed by atoms with Crippen molar-refractivity contribution in [1.29, 1.82) is 0 Å². The lowest BCUT2D eigenvalue weighted by atomic mass is 9.96. The van der Waals surface area contributed by atoms with E-state index in [9.17, 15) is 9.59 Å². The monoisotopic (exact) mass is 456 g/mol. The fraction of sp³-hybridized carbons (Fsp3) is 0.0323. The summed E-state index contributed by atoms with van der Waals surface area (Å²) in [6, 6.07) is 34.7. The van der Waals surface area contributed by atoms with Crippen LogP contribution in [0.5, 0.6) is 0 Å². The predicted octanol–water partition coefficient (Wildman–Crippen LogP) is 6.71. The van der Waals surface area contributed by atoms with Gasteiger partial charge in [-0.3, -0.25) is 9.59 Å². The van der Waals surface area contributed by atoms with Gasteiger partial charge in [0, 0.05) is 11.3 Å². The quantitative estimate of drug-likeness (QED) is 0.228. The molecule has 4 heteroatoms. The van der Waals surface area contributed by atoms with Crippen LogP contribution in [0.2, 0.25) is 0 Å². The number of carbonyl (C=O) groups is 2. The molecule has 0 aliphatic rings. The maximum absolute atomic E-state index is 13.5. The first-order valence-corrected chi connectivity index (χ1v) is 11.4. The first-order valence-electron chi connectivity index (χ1n) is 11.4. The number of anilines is 1. The molecule has 0 radical (unpaired) electrons. The van der Waals surface area contributed by atoms with Crippen LogP contribution in [-0.2, 0) is 4.79 Å². The molecule has 5 aromatic carbocycles. The molecule has 0 saturated heterocycles. The number of hydrogen-bond acceptors (Lipinski definition) is 2. The second-order valence-electron chi connectivity index (χ2n) is 8.43. The number of carbonyl (C=O) groups excluding carboxylic acids is 2. The Morgan fingerprint density at radius 2 is 1.31 bits per heavy atom. The zero-order valence-corrected chi connectivity index (χ0v) is 19.3. The summed E-state index contributed by atoms with van der Waals surface area (Å²) in [5.74, 6) is -0.738. The molecule has 35 heavy (non-hydrogen) atoms. The van der Waals surface area contributed by atoms with Crippen LogP contribution in [0.4, 0.5) is 5.69 Å². The minimum Gasteiger partial charge on any atom is -0.321 e. The second-order valence-corrected chi connectivity index (χ2v) is 8.43. The highest BCUT2D eigenvalue weighted by atomic mass is 16.2. The van der Waals surface area contributed by atoms with Crippen molar-refractivity contribution in [2.45, 2.75) is 6.92 Å². The van der Waals surface area contributed by atoms with E-state index >= 15 is 0 Å². The smallest absolute Gasteiger partial charge is 0.272 e. The van der Waals surface area contributed by atoms with E-state index in [4.69, 9.17) is 0 Å². The highest BCUT2D eigenvalue weighted by molar-refractivity contribution is 6.14. The third kappa shape index (κ3) is 4.82. The average molecular weight is 457 g/mol. The summed E-state index contributed by atoms with van der Waals surface area (Å²) >= 11 is 0. The number of aryl methyl sites for hydroxylation is 1. The lowest BCUT2D eigenvalue weighted by molar-refractivity contribution is -0.113. The third-order valence-electron chi connectivity index (χ3n) is 5.91. The van der Waals surface area contributed by atoms with Gasteiger partial charge >= 0.3 is 0 Å². The lowest BCUT2D eigenvalue weighted by Gasteiger charge is -2.14. The van der Waals surface area contributed by atoms with E-state index in [1.54, 1.807) is 30.3 Å². The van der Waals surface area contributed by atoms with Crippen molar-refractivity contribution in [2.75, 3.05) is 5.32 Å². The number of nitrogens with one attached hydrogen (secondary N) is 2. The van der Waals surface area contributed by atoms with Crippen molar-refractivity contribution in [3.63, 3.8) is 0 Å². The van der Waals surface area contributed by atoms with Gasteiger partial charge in [0.1, 0.15) is 5.70 Å². The van der Waals surface area contributed by atoms with Crippen molar-refractivity contribution in [3.05, 3.63) is 132 Å². The van der Waals surface area contributed by atoms with Gasteiger partial charge in [0.15, 0.2) is 0 Å². The summed E-state index contributed by atoms with van der Waals surface area (Å²) in [5.41, 5.74) is 3.21. The Morgan fingerprint density at radius 1 is 0.686 bits per heavy atom. The van der Waals surface area contributed by atoms with Gasteiger partial charge in [0.05, 0.1) is 0 Å². The van der Waals surface area contributed by atoms with Gasteiger partial charge in [-0.2, -0.15) is 0 Å². The molecule has 0 spiro atoms. The van der Waals surface area contributed by atoms with Gasteiger partial charge in [0.2, 0.25) is 0 Å². The van der Waals surface area contributed by atoms with Crippen LogP contribution in [-0.4, -0.2) is 11.8 Å². The van der Waals surface area contributed by atoms with E-state index < -0.39 is 5.91 Å². The number of fused-ring (bicyclic) bond motifs is 2. The van der Waals surface area contributed by atoms with Crippen molar-refractivity contribution in [1.82, 2.24) is 5.32 Å². The molecule has 170 valence electrons. The summed E-state index contributed by atoms with van der Waals surface area (Å²) in [7, 11) is 0. The Kier molecular flexibility index (Phi) is 6.10. The van der Waals surface area contributed by atoms with Gasteiger partial charge in [-0.1, -0.05) is 78.9 Å². The van der Waals surface area contributed by atoms with E-state index in [1.807, 2.05) is 85.8 Å². The van der Waals surface area contributed by atoms with Gasteiger partial charge in [-0.05, 0) is 76.0 Å². The second kappa shape index (κ2) is 9.65. The summed E-state index contributed by atoms with van der Waals surface area (Å²) in [5, 5.41) is 9.91. The van der Waals surface area contributed by atoms with Crippen LogP contribution in [0.3, 0.4) is 0 Å². The molecule has 0 fully saturated rings. The van der Waals surface area contributed by atoms with Crippen LogP contribution >= 0.6 is 0 Å². The van der Waals surface area contributed by atoms with E-state index in [1.165, 1.54) is 0 Å². The molecule has 0 heterocycles. The summed E-state index contributed by atoms with van der Waals surface area (Å²) in [6.45, 7) is 1.96. The summed E-state index contributed by atoms with van der Waals surface area (Å²) in [4.78, 5) is 26.5. The largest absolute Gasteiger partial charge is 0.321 e. The zero-order chi connectivity index (χ0) is 24.2. The highest BCUT2D eigenvalue weighted by Crippen LogP contribution is 2.30. The Bertz CT molecular complexity index is 1530. The van der Waals surface area contributed by atoms with Crippen molar-refractivity contribution in [2.24, 2.45) is 0 Å². The minimum atomic E-state index is -0.392. The number of rotatable bonds is 5. The van der Waals surface area contributed by atoms with Gasteiger partial charge in [-0.25, -0.2) is 0 Å². The molecular weight excluding hydrogens is 432 g/mol. The number of amides is 2. The number of benzene rings is 5. The van der Waals surface area contributed by atoms with Crippen molar-refractivity contribution >= 4 is 45.1 Å². The maximum Gasteiger partial charge on any atom is 0.272 e. The number of hydrogen-bond donors (Lipinski definition) is 2. The van der Waals surface area contributed by atoms with E-state index in [0.717, 1.165) is 32.7 Å². The summed E-state index contributed by atoms with van der Waals surface area (Å²) < 4.78 is 0. The standard InChI is InChI=1S/C31H24N2O2/c1-21-10-9-15-25(18-21)32-31(35)29(33-30(34)22-11-3-2-4-12-22)20-28-26-16-7-5-13-23(26)19-24-14-6-8-17-27(24)28/h2-20H,1H3,(H,32,35)(H,33,34). The molecule has 0 saturated carbocycles. The van der Waals surface area contributed by atoms with Gasteiger partial charge in [-0.15, -0.1) is 0 Å². The topological polar surface area (TPSA) is 58.2 Å². The van der Waals surface area contributed by atoms with Gasteiger partial charge < -0.3 is 10.6 Å². The zero-order valence-electron chi connectivity index (χ0n) is 19.3. The molecule has 2 amide bonds. The fourth-order valence-electron chi connectivity index (χ4n) is 4.21. The maximum atomic E-state index is 13.5. The molecular formula is C31H24N2O2. The molecule has 2 N–H and O–H groups in total. The highest BCUT2D eigenvalue weighted by Gasteiger charge is 2.17. The first kappa shape index (κ1) is 22.1. The Morgan fingerprint density at radius 3 is 1.97 bits per heavy atom. The molecule has 0 bridgehead atoms. The molecule has 5 aromatic rings. The summed E-state index contributed by atoms with van der Waals surface area (Å²) in [6.07, 6.45) is 1.77. The molecule has 0 atom stereocenters. The van der Waals surface area contributed by atoms with E-state index in [2.05, 4.69) is 16.7 Å². The van der Waals surface area contributed by atoms with Crippen molar-refractivity contribution in [3.8, 4) is 0 Å². The third-order valence-corrected chi connectivity index (χ3v) is 5.91. The SMILES string of the molecule is Cc1cccc(NC(=O)C(=Cc2c3ccccc3cc3ccccc23)NC(=O)c2ccccc2)c1.